The summed E-state index contributed by atoms with van der Waals surface area (Å²) in [7, 11) is 1.28. The normalized spacial score (nSPS) is 14.8. The van der Waals surface area contributed by atoms with Crippen molar-refractivity contribution in [2.75, 3.05) is 23.9 Å². The Balaban J connectivity index is 1.66. The van der Waals surface area contributed by atoms with Crippen LogP contribution in [-0.4, -0.2) is 31.4 Å². The number of aryl methyl sites for hydroxylation is 1. The van der Waals surface area contributed by atoms with Crippen molar-refractivity contribution in [1.29, 1.82) is 0 Å². The molecular formula is C20H18N2O4. The lowest BCUT2D eigenvalue weighted by Gasteiger charge is -2.26. The Morgan fingerprint density at radius 2 is 1.85 bits per heavy atom. The first kappa shape index (κ1) is 16.3. The minimum atomic E-state index is -0.555. The summed E-state index contributed by atoms with van der Waals surface area (Å²) >= 11 is 0. The van der Waals surface area contributed by atoms with Crippen LogP contribution < -0.4 is 10.2 Å². The molecule has 0 saturated carbocycles. The average Bonchev–Trinajstić information content (AvgIpc) is 2.98. The molecule has 2 heterocycles. The molecule has 0 aliphatic carbocycles. The van der Waals surface area contributed by atoms with Crippen LogP contribution in [-0.2, 0) is 22.4 Å². The summed E-state index contributed by atoms with van der Waals surface area (Å²) in [4.78, 5) is 38.6. The summed E-state index contributed by atoms with van der Waals surface area (Å²) in [5.41, 5.74) is 4.15. The first-order chi connectivity index (χ1) is 12.6. The number of nitrogens with one attached hydrogen (secondary N) is 1. The highest BCUT2D eigenvalue weighted by atomic mass is 16.5. The number of amides is 2. The molecule has 6 heteroatoms. The summed E-state index contributed by atoms with van der Waals surface area (Å²) in [5.74, 6) is -0.823. The van der Waals surface area contributed by atoms with E-state index in [4.69, 9.17) is 4.74 Å². The molecule has 6 nitrogen and oxygen atoms in total. The Bertz CT molecular complexity index is 935. The smallest absolute Gasteiger partial charge is 0.338 e. The maximum Gasteiger partial charge on any atom is 0.338 e. The van der Waals surface area contributed by atoms with Gasteiger partial charge in [-0.15, -0.1) is 0 Å². The van der Waals surface area contributed by atoms with Gasteiger partial charge in [-0.3, -0.25) is 9.59 Å². The van der Waals surface area contributed by atoms with Crippen LogP contribution >= 0.6 is 0 Å². The molecule has 4 rings (SSSR count). The van der Waals surface area contributed by atoms with Crippen LogP contribution in [0.25, 0.3) is 0 Å². The van der Waals surface area contributed by atoms with Crippen LogP contribution in [0.2, 0.25) is 0 Å². The molecular weight excluding hydrogens is 332 g/mol. The third-order valence-corrected chi connectivity index (χ3v) is 4.84. The minimum absolute atomic E-state index is 0.112. The van der Waals surface area contributed by atoms with E-state index in [1.807, 2.05) is 17.0 Å². The molecule has 0 fully saturated rings. The highest BCUT2D eigenvalue weighted by Crippen LogP contribution is 2.38. The van der Waals surface area contributed by atoms with Gasteiger partial charge in [-0.05, 0) is 48.2 Å². The molecule has 0 spiro atoms. The van der Waals surface area contributed by atoms with Crippen molar-refractivity contribution < 1.29 is 19.1 Å². The second-order valence-electron chi connectivity index (χ2n) is 6.46. The van der Waals surface area contributed by atoms with Gasteiger partial charge in [-0.25, -0.2) is 4.79 Å². The number of rotatable bonds is 3. The maximum absolute atomic E-state index is 12.7. The number of esters is 1. The number of carbonyl (C=O) groups is 3. The van der Waals surface area contributed by atoms with Gasteiger partial charge >= 0.3 is 5.97 Å². The van der Waals surface area contributed by atoms with Gasteiger partial charge in [0.25, 0.3) is 5.91 Å². The Morgan fingerprint density at radius 3 is 2.62 bits per heavy atom. The van der Waals surface area contributed by atoms with Gasteiger partial charge < -0.3 is 15.0 Å². The van der Waals surface area contributed by atoms with Crippen LogP contribution in [0.3, 0.4) is 0 Å². The average molecular weight is 350 g/mol. The summed E-state index contributed by atoms with van der Waals surface area (Å²) in [6.45, 7) is 0.761. The fourth-order valence-electron chi connectivity index (χ4n) is 3.72. The predicted octanol–water partition coefficient (Wildman–Crippen LogP) is 2.56. The summed E-state index contributed by atoms with van der Waals surface area (Å²) in [6.07, 6.45) is 2.17. The monoisotopic (exact) mass is 350 g/mol. The zero-order valence-corrected chi connectivity index (χ0v) is 14.4. The topological polar surface area (TPSA) is 75.7 Å². The van der Waals surface area contributed by atoms with Crippen LogP contribution in [0.15, 0.2) is 36.4 Å². The SMILES string of the molecule is COC(=O)c1ccccc1C(=O)Nc1cc2c3c(c1)CC(=O)N3CCC2. The van der Waals surface area contributed by atoms with Crippen molar-refractivity contribution in [3.63, 3.8) is 0 Å². The summed E-state index contributed by atoms with van der Waals surface area (Å²) < 4.78 is 4.74. The Kier molecular flexibility index (Phi) is 3.95. The second-order valence-corrected chi connectivity index (χ2v) is 6.46. The molecule has 132 valence electrons. The molecule has 26 heavy (non-hydrogen) atoms. The number of anilines is 2. The van der Waals surface area contributed by atoms with Crippen LogP contribution in [0.4, 0.5) is 11.4 Å². The van der Waals surface area contributed by atoms with E-state index in [0.717, 1.165) is 36.2 Å². The van der Waals surface area contributed by atoms with E-state index < -0.39 is 5.97 Å². The number of benzene rings is 2. The van der Waals surface area contributed by atoms with E-state index in [-0.39, 0.29) is 22.9 Å². The van der Waals surface area contributed by atoms with E-state index >= 15 is 0 Å². The van der Waals surface area contributed by atoms with Gasteiger partial charge in [-0.2, -0.15) is 0 Å². The van der Waals surface area contributed by atoms with Crippen molar-refractivity contribution in [2.24, 2.45) is 0 Å². The number of ether oxygens (including phenoxy) is 1. The predicted molar refractivity (Wildman–Crippen MR) is 96.6 cm³/mol. The maximum atomic E-state index is 12.7. The van der Waals surface area contributed by atoms with Crippen LogP contribution in [0.5, 0.6) is 0 Å². The van der Waals surface area contributed by atoms with E-state index in [2.05, 4.69) is 5.32 Å². The van der Waals surface area contributed by atoms with E-state index in [9.17, 15) is 14.4 Å². The van der Waals surface area contributed by atoms with Gasteiger partial charge in [0.05, 0.1) is 30.3 Å². The van der Waals surface area contributed by atoms with Crippen molar-refractivity contribution in [2.45, 2.75) is 19.3 Å². The molecule has 1 N–H and O–H groups in total. The van der Waals surface area contributed by atoms with Gasteiger partial charge in [-0.1, -0.05) is 12.1 Å². The molecule has 0 radical (unpaired) electrons. The largest absolute Gasteiger partial charge is 0.465 e. The summed E-state index contributed by atoms with van der Waals surface area (Å²) in [5, 5.41) is 2.86. The fraction of sp³-hybridized carbons (Fsp3) is 0.250. The van der Waals surface area contributed by atoms with E-state index in [0.29, 0.717) is 12.1 Å². The zero-order chi connectivity index (χ0) is 18.3. The lowest BCUT2D eigenvalue weighted by molar-refractivity contribution is -0.117. The zero-order valence-electron chi connectivity index (χ0n) is 14.4. The first-order valence-corrected chi connectivity index (χ1v) is 8.53. The van der Waals surface area contributed by atoms with Gasteiger partial charge in [0.2, 0.25) is 5.91 Å². The van der Waals surface area contributed by atoms with Crippen molar-refractivity contribution in [1.82, 2.24) is 0 Å². The Morgan fingerprint density at radius 1 is 1.12 bits per heavy atom. The van der Waals surface area contributed by atoms with Crippen molar-refractivity contribution in [3.8, 4) is 0 Å². The van der Waals surface area contributed by atoms with Gasteiger partial charge in [0.15, 0.2) is 0 Å². The first-order valence-electron chi connectivity index (χ1n) is 8.53. The molecule has 2 aromatic rings. The lowest BCUT2D eigenvalue weighted by atomic mass is 9.99. The number of carbonyl (C=O) groups excluding carboxylic acids is 3. The molecule has 0 atom stereocenters. The van der Waals surface area contributed by atoms with Crippen LogP contribution in [0.1, 0.15) is 38.3 Å². The number of hydrogen-bond donors (Lipinski definition) is 1. The molecule has 2 aliphatic heterocycles. The molecule has 2 amide bonds. The summed E-state index contributed by atoms with van der Waals surface area (Å²) in [6, 6.07) is 10.3. The quantitative estimate of drug-likeness (QED) is 0.863. The van der Waals surface area contributed by atoms with Gasteiger partial charge in [0, 0.05) is 12.2 Å². The minimum Gasteiger partial charge on any atom is -0.465 e. The third-order valence-electron chi connectivity index (χ3n) is 4.84. The highest BCUT2D eigenvalue weighted by Gasteiger charge is 2.32. The molecule has 0 bridgehead atoms. The molecule has 0 unspecified atom stereocenters. The fourth-order valence-corrected chi connectivity index (χ4v) is 3.72. The van der Waals surface area contributed by atoms with Crippen molar-refractivity contribution in [3.05, 3.63) is 58.7 Å². The lowest BCUT2D eigenvalue weighted by Crippen LogP contribution is -2.31. The third kappa shape index (κ3) is 2.63. The number of hydrogen-bond acceptors (Lipinski definition) is 4. The molecule has 0 aromatic heterocycles. The highest BCUT2D eigenvalue weighted by molar-refractivity contribution is 6.11. The van der Waals surface area contributed by atoms with Gasteiger partial charge in [0.1, 0.15) is 0 Å². The van der Waals surface area contributed by atoms with Crippen LogP contribution in [0, 0.1) is 0 Å². The Hall–Kier alpha value is -3.15. The number of methoxy groups -OCH3 is 1. The number of nitrogens with zero attached hydrogens (tertiary/aromatic N) is 1. The standard InChI is InChI=1S/C20H18N2O4/c1-26-20(25)16-7-3-2-6-15(16)19(24)21-14-9-12-5-4-8-22-17(23)11-13(10-14)18(12)22/h2-3,6-7,9-10H,4-5,8,11H2,1H3,(H,21,24). The van der Waals surface area contributed by atoms with E-state index in [1.54, 1.807) is 24.3 Å². The van der Waals surface area contributed by atoms with Crippen molar-refractivity contribution >= 4 is 29.2 Å². The molecule has 2 aliphatic rings. The Labute approximate surface area is 150 Å². The molecule has 2 aromatic carbocycles. The molecule has 0 saturated heterocycles. The second kappa shape index (κ2) is 6.29. The van der Waals surface area contributed by atoms with E-state index in [1.165, 1.54) is 7.11 Å².